The van der Waals surface area contributed by atoms with Crippen molar-refractivity contribution in [3.05, 3.63) is 12.2 Å². The van der Waals surface area contributed by atoms with Gasteiger partial charge in [0.1, 0.15) is 0 Å². The second kappa shape index (κ2) is 7.11. The van der Waals surface area contributed by atoms with Crippen LogP contribution in [0.15, 0.2) is 12.2 Å². The maximum absolute atomic E-state index is 5.75. The van der Waals surface area contributed by atoms with Crippen molar-refractivity contribution in [2.75, 3.05) is 13.2 Å². The first-order chi connectivity index (χ1) is 7.58. The Morgan fingerprint density at radius 2 is 1.56 bits per heavy atom. The highest BCUT2D eigenvalue weighted by Crippen LogP contribution is 2.23. The lowest BCUT2D eigenvalue weighted by Gasteiger charge is -2.21. The van der Waals surface area contributed by atoms with Gasteiger partial charge in [-0.05, 0) is 42.9 Å². The van der Waals surface area contributed by atoms with Crippen LogP contribution < -0.4 is 0 Å². The van der Waals surface area contributed by atoms with Crippen LogP contribution in [-0.2, 0) is 4.74 Å². The van der Waals surface area contributed by atoms with Gasteiger partial charge in [-0.25, -0.2) is 0 Å². The molecule has 0 saturated heterocycles. The molecule has 1 aliphatic rings. The molecule has 1 rings (SSSR count). The average Bonchev–Trinajstić information content (AvgIpc) is 2.15. The van der Waals surface area contributed by atoms with E-state index in [2.05, 4.69) is 39.8 Å². The van der Waals surface area contributed by atoms with E-state index in [1.54, 1.807) is 0 Å². The topological polar surface area (TPSA) is 9.23 Å². The van der Waals surface area contributed by atoms with Crippen LogP contribution in [0.4, 0.5) is 0 Å². The highest BCUT2D eigenvalue weighted by molar-refractivity contribution is 4.88. The largest absolute Gasteiger partial charge is 0.381 e. The van der Waals surface area contributed by atoms with E-state index in [1.807, 2.05) is 0 Å². The lowest BCUT2D eigenvalue weighted by Crippen LogP contribution is -2.15. The Bertz CT molecular complexity index is 209. The molecule has 0 aromatic rings. The van der Waals surface area contributed by atoms with E-state index < -0.39 is 0 Å². The summed E-state index contributed by atoms with van der Waals surface area (Å²) in [4.78, 5) is 0. The van der Waals surface area contributed by atoms with Gasteiger partial charge in [-0.15, -0.1) is 0 Å². The molecule has 1 heterocycles. The minimum atomic E-state index is 0.566. The van der Waals surface area contributed by atoms with E-state index in [0.29, 0.717) is 11.8 Å². The lowest BCUT2D eigenvalue weighted by atomic mass is 9.88. The van der Waals surface area contributed by atoms with Crippen molar-refractivity contribution in [1.29, 1.82) is 0 Å². The molecule has 0 aromatic carbocycles. The van der Waals surface area contributed by atoms with Crippen molar-refractivity contribution in [3.63, 3.8) is 0 Å². The summed E-state index contributed by atoms with van der Waals surface area (Å²) in [5.41, 5.74) is 0. The Morgan fingerprint density at radius 1 is 0.875 bits per heavy atom. The summed E-state index contributed by atoms with van der Waals surface area (Å²) >= 11 is 0. The van der Waals surface area contributed by atoms with Crippen LogP contribution in [0.5, 0.6) is 0 Å². The van der Waals surface area contributed by atoms with E-state index in [-0.39, 0.29) is 0 Å². The second-order valence-corrected chi connectivity index (χ2v) is 5.97. The zero-order valence-corrected chi connectivity index (χ0v) is 11.4. The van der Waals surface area contributed by atoms with Gasteiger partial charge in [-0.3, -0.25) is 0 Å². The van der Waals surface area contributed by atoms with Crippen molar-refractivity contribution < 1.29 is 4.74 Å². The van der Waals surface area contributed by atoms with Gasteiger partial charge in [0.15, 0.2) is 0 Å². The van der Waals surface area contributed by atoms with E-state index in [4.69, 9.17) is 4.74 Å². The molecule has 0 saturated carbocycles. The number of hydrogen-bond donors (Lipinski definition) is 0. The van der Waals surface area contributed by atoms with Crippen molar-refractivity contribution in [1.82, 2.24) is 0 Å². The third kappa shape index (κ3) is 5.69. The number of rotatable bonds is 0. The van der Waals surface area contributed by atoms with Crippen LogP contribution in [0.3, 0.4) is 0 Å². The molecule has 1 nitrogen and oxygen atoms in total. The molecule has 0 N–H and O–H groups in total. The molecule has 0 bridgehead atoms. The first-order valence-electron chi connectivity index (χ1n) is 6.82. The van der Waals surface area contributed by atoms with E-state index in [0.717, 1.165) is 25.0 Å². The predicted molar refractivity (Wildman–Crippen MR) is 70.5 cm³/mol. The zero-order valence-electron chi connectivity index (χ0n) is 11.4. The van der Waals surface area contributed by atoms with Crippen LogP contribution in [-0.4, -0.2) is 13.2 Å². The van der Waals surface area contributed by atoms with Gasteiger partial charge in [0, 0.05) is 6.61 Å². The van der Waals surface area contributed by atoms with E-state index in [9.17, 15) is 0 Å². The molecule has 1 aliphatic heterocycles. The number of hydrogen-bond acceptors (Lipinski definition) is 1. The summed E-state index contributed by atoms with van der Waals surface area (Å²) < 4.78 is 5.75. The van der Waals surface area contributed by atoms with Crippen LogP contribution in [0.1, 0.15) is 47.0 Å². The Morgan fingerprint density at radius 3 is 2.31 bits per heavy atom. The molecular formula is C15H28O. The van der Waals surface area contributed by atoms with Crippen LogP contribution in [0.2, 0.25) is 0 Å². The van der Waals surface area contributed by atoms with Gasteiger partial charge in [-0.2, -0.15) is 0 Å². The smallest absolute Gasteiger partial charge is 0.0526 e. The second-order valence-electron chi connectivity index (χ2n) is 5.97. The average molecular weight is 224 g/mol. The Labute approximate surface area is 101 Å². The molecule has 4 unspecified atom stereocenters. The Hall–Kier alpha value is -0.300. The minimum absolute atomic E-state index is 0.566. The van der Waals surface area contributed by atoms with Gasteiger partial charge in [0.05, 0.1) is 6.61 Å². The molecule has 0 aliphatic carbocycles. The normalized spacial score (nSPS) is 38.8. The van der Waals surface area contributed by atoms with Crippen molar-refractivity contribution in [2.45, 2.75) is 47.0 Å². The monoisotopic (exact) mass is 224 g/mol. The van der Waals surface area contributed by atoms with E-state index in [1.165, 1.54) is 19.3 Å². The predicted octanol–water partition coefficient (Wildman–Crippen LogP) is 4.29. The highest BCUT2D eigenvalue weighted by atomic mass is 16.5. The fraction of sp³-hybridized carbons (Fsp3) is 0.867. The fourth-order valence-corrected chi connectivity index (χ4v) is 2.69. The van der Waals surface area contributed by atoms with Gasteiger partial charge < -0.3 is 4.74 Å². The molecule has 4 atom stereocenters. The minimum Gasteiger partial charge on any atom is -0.381 e. The van der Waals surface area contributed by atoms with Crippen molar-refractivity contribution in [3.8, 4) is 0 Å². The Balaban J connectivity index is 2.51. The van der Waals surface area contributed by atoms with Crippen molar-refractivity contribution in [2.24, 2.45) is 23.7 Å². The summed E-state index contributed by atoms with van der Waals surface area (Å²) in [5.74, 6) is 2.93. The quantitative estimate of drug-likeness (QED) is 0.558. The highest BCUT2D eigenvalue weighted by Gasteiger charge is 2.13. The SMILES string of the molecule is CC1C=CCC(C)CC(C)CC(C)COC1. The molecule has 16 heavy (non-hydrogen) atoms. The molecule has 0 amide bonds. The fourth-order valence-electron chi connectivity index (χ4n) is 2.69. The van der Waals surface area contributed by atoms with Gasteiger partial charge in [0.25, 0.3) is 0 Å². The summed E-state index contributed by atoms with van der Waals surface area (Å²) in [6.07, 6.45) is 8.54. The standard InChI is InChI=1S/C15H28O/c1-12-6-5-7-13(2)10-16-11-15(4)9-14(3)8-12/h5,7,12-15H,6,8-11H2,1-4H3. The summed E-state index contributed by atoms with van der Waals surface area (Å²) in [5, 5.41) is 0. The van der Waals surface area contributed by atoms with E-state index >= 15 is 0 Å². The summed E-state index contributed by atoms with van der Waals surface area (Å²) in [6.45, 7) is 11.1. The van der Waals surface area contributed by atoms with Gasteiger partial charge >= 0.3 is 0 Å². The molecular weight excluding hydrogens is 196 g/mol. The molecule has 94 valence electrons. The van der Waals surface area contributed by atoms with Crippen molar-refractivity contribution >= 4 is 0 Å². The first-order valence-corrected chi connectivity index (χ1v) is 6.82. The van der Waals surface area contributed by atoms with Gasteiger partial charge in [-0.1, -0.05) is 39.8 Å². The maximum Gasteiger partial charge on any atom is 0.0526 e. The number of allylic oxidation sites excluding steroid dienone is 1. The summed E-state index contributed by atoms with van der Waals surface area (Å²) in [6, 6.07) is 0. The molecule has 0 aromatic heterocycles. The maximum atomic E-state index is 5.75. The number of ether oxygens (including phenoxy) is 1. The van der Waals surface area contributed by atoms with Crippen LogP contribution in [0.25, 0.3) is 0 Å². The third-order valence-electron chi connectivity index (χ3n) is 3.40. The molecule has 0 radical (unpaired) electrons. The Kier molecular flexibility index (Phi) is 6.12. The molecule has 0 spiro atoms. The third-order valence-corrected chi connectivity index (χ3v) is 3.40. The molecule has 0 fully saturated rings. The summed E-state index contributed by atoms with van der Waals surface area (Å²) in [7, 11) is 0. The lowest BCUT2D eigenvalue weighted by molar-refractivity contribution is 0.0812. The van der Waals surface area contributed by atoms with Gasteiger partial charge in [0.2, 0.25) is 0 Å². The first kappa shape index (κ1) is 13.8. The van der Waals surface area contributed by atoms with Crippen LogP contribution >= 0.6 is 0 Å². The van der Waals surface area contributed by atoms with Crippen LogP contribution in [0, 0.1) is 23.7 Å². The molecule has 1 heteroatoms. The zero-order chi connectivity index (χ0) is 12.0.